The zero-order valence-corrected chi connectivity index (χ0v) is 9.55. The van der Waals surface area contributed by atoms with Crippen LogP contribution in [0.4, 0.5) is 5.69 Å². The number of aromatic carboxylic acids is 1. The minimum atomic E-state index is -1.07. The van der Waals surface area contributed by atoms with Crippen molar-refractivity contribution >= 4 is 23.4 Å². The Kier molecular flexibility index (Phi) is 2.91. The summed E-state index contributed by atoms with van der Waals surface area (Å²) < 4.78 is 1.47. The summed E-state index contributed by atoms with van der Waals surface area (Å²) in [6, 6.07) is 1.35. The van der Waals surface area contributed by atoms with Gasteiger partial charge >= 0.3 is 5.97 Å². The number of anilines is 1. The molecule has 0 aromatic carbocycles. The van der Waals surface area contributed by atoms with Crippen LogP contribution in [-0.4, -0.2) is 36.3 Å². The Morgan fingerprint density at radius 1 is 1.59 bits per heavy atom. The number of hydrogen-bond donors (Lipinski definition) is 2. The molecule has 0 saturated heterocycles. The molecule has 2 aromatic rings. The van der Waals surface area contributed by atoms with Crippen molar-refractivity contribution in [3.8, 4) is 0 Å². The summed E-state index contributed by atoms with van der Waals surface area (Å²) in [6.45, 7) is 0. The number of carboxylic acids is 1. The molecular formula is C8H8N6O2S. The summed E-state index contributed by atoms with van der Waals surface area (Å²) in [5, 5.41) is 20.6. The molecule has 0 bridgehead atoms. The fourth-order valence-corrected chi connectivity index (χ4v) is 1.77. The van der Waals surface area contributed by atoms with Crippen molar-refractivity contribution in [3.05, 3.63) is 17.8 Å². The van der Waals surface area contributed by atoms with Gasteiger partial charge in [-0.3, -0.25) is 0 Å². The van der Waals surface area contributed by atoms with Gasteiger partial charge in [-0.2, -0.15) is 0 Å². The van der Waals surface area contributed by atoms with Gasteiger partial charge in [0.15, 0.2) is 0 Å². The smallest absolute Gasteiger partial charge is 0.337 e. The van der Waals surface area contributed by atoms with E-state index in [9.17, 15) is 4.79 Å². The number of carbonyl (C=O) groups is 1. The molecule has 0 amide bonds. The van der Waals surface area contributed by atoms with Gasteiger partial charge in [0.05, 0.1) is 11.3 Å². The number of carboxylic acid groups (broad SMARTS) is 1. The Bertz CT molecular complexity index is 569. The highest BCUT2D eigenvalue weighted by molar-refractivity contribution is 7.99. The SMILES string of the molecule is Cn1nnnc1Sc1ncc(C(=O)O)cc1N. The van der Waals surface area contributed by atoms with Gasteiger partial charge in [0.2, 0.25) is 5.16 Å². The number of nitrogen functional groups attached to an aromatic ring is 1. The predicted molar refractivity (Wildman–Crippen MR) is 58.5 cm³/mol. The minimum absolute atomic E-state index is 0.0444. The zero-order chi connectivity index (χ0) is 12.4. The van der Waals surface area contributed by atoms with E-state index in [-0.39, 0.29) is 11.3 Å². The van der Waals surface area contributed by atoms with Crippen molar-refractivity contribution in [2.75, 3.05) is 5.73 Å². The minimum Gasteiger partial charge on any atom is -0.478 e. The first-order valence-corrected chi connectivity index (χ1v) is 5.28. The Morgan fingerprint density at radius 3 is 2.88 bits per heavy atom. The van der Waals surface area contributed by atoms with Crippen molar-refractivity contribution in [2.24, 2.45) is 7.05 Å². The summed E-state index contributed by atoms with van der Waals surface area (Å²) in [5.41, 5.74) is 6.02. The van der Waals surface area contributed by atoms with E-state index in [2.05, 4.69) is 20.5 Å². The first-order chi connectivity index (χ1) is 8.08. The van der Waals surface area contributed by atoms with Gasteiger partial charge in [-0.05, 0) is 28.3 Å². The van der Waals surface area contributed by atoms with Crippen molar-refractivity contribution in [3.63, 3.8) is 0 Å². The summed E-state index contributed by atoms with van der Waals surface area (Å²) >= 11 is 1.17. The third-order valence-corrected chi connectivity index (χ3v) is 2.96. The van der Waals surface area contributed by atoms with Crippen molar-refractivity contribution in [1.82, 2.24) is 25.2 Å². The average Bonchev–Trinajstić information content (AvgIpc) is 2.67. The van der Waals surface area contributed by atoms with Crippen LogP contribution in [0.5, 0.6) is 0 Å². The molecule has 0 unspecified atom stereocenters. The molecule has 0 saturated carbocycles. The highest BCUT2D eigenvalue weighted by Gasteiger charge is 2.11. The molecule has 8 nitrogen and oxygen atoms in total. The Balaban J connectivity index is 2.29. The fourth-order valence-electron chi connectivity index (χ4n) is 1.07. The van der Waals surface area contributed by atoms with Crippen LogP contribution in [0.1, 0.15) is 10.4 Å². The van der Waals surface area contributed by atoms with Crippen LogP contribution in [0.2, 0.25) is 0 Å². The quantitative estimate of drug-likeness (QED) is 0.785. The zero-order valence-electron chi connectivity index (χ0n) is 8.73. The number of aromatic nitrogens is 5. The maximum atomic E-state index is 10.7. The lowest BCUT2D eigenvalue weighted by Crippen LogP contribution is -2.01. The lowest BCUT2D eigenvalue weighted by molar-refractivity contribution is 0.0696. The Labute approximate surface area is 99.8 Å². The molecule has 3 N–H and O–H groups in total. The van der Waals surface area contributed by atoms with Gasteiger partial charge in [-0.15, -0.1) is 5.10 Å². The summed E-state index contributed by atoms with van der Waals surface area (Å²) in [7, 11) is 1.68. The molecule has 17 heavy (non-hydrogen) atoms. The molecule has 88 valence electrons. The van der Waals surface area contributed by atoms with Crippen LogP contribution in [0, 0.1) is 0 Å². The highest BCUT2D eigenvalue weighted by atomic mass is 32.2. The van der Waals surface area contributed by atoms with E-state index < -0.39 is 5.97 Å². The number of aryl methyl sites for hydroxylation is 1. The maximum absolute atomic E-state index is 10.7. The molecular weight excluding hydrogens is 244 g/mol. The molecule has 0 aliphatic rings. The third-order valence-electron chi connectivity index (χ3n) is 1.90. The van der Waals surface area contributed by atoms with E-state index in [0.29, 0.717) is 10.2 Å². The summed E-state index contributed by atoms with van der Waals surface area (Å²) in [4.78, 5) is 14.7. The van der Waals surface area contributed by atoms with Gasteiger partial charge in [0.1, 0.15) is 5.03 Å². The second kappa shape index (κ2) is 4.37. The van der Waals surface area contributed by atoms with Crippen molar-refractivity contribution < 1.29 is 9.90 Å². The monoisotopic (exact) mass is 252 g/mol. The molecule has 2 aromatic heterocycles. The first kappa shape index (κ1) is 11.3. The van der Waals surface area contributed by atoms with E-state index in [4.69, 9.17) is 10.8 Å². The third kappa shape index (κ3) is 2.33. The van der Waals surface area contributed by atoms with Crippen molar-refractivity contribution in [1.29, 1.82) is 0 Å². The Hall–Kier alpha value is -2.16. The second-order valence-electron chi connectivity index (χ2n) is 3.11. The predicted octanol–water partition coefficient (Wildman–Crippen LogP) is 0.0367. The number of nitrogens with two attached hydrogens (primary N) is 1. The van der Waals surface area contributed by atoms with Gasteiger partial charge in [-0.25, -0.2) is 14.5 Å². The summed E-state index contributed by atoms with van der Waals surface area (Å²) in [5.74, 6) is -1.07. The van der Waals surface area contributed by atoms with Crippen LogP contribution < -0.4 is 5.73 Å². The molecule has 0 aliphatic carbocycles. The lowest BCUT2D eigenvalue weighted by atomic mass is 10.3. The lowest BCUT2D eigenvalue weighted by Gasteiger charge is -2.03. The summed E-state index contributed by atoms with van der Waals surface area (Å²) in [6.07, 6.45) is 1.24. The van der Waals surface area contributed by atoms with Gasteiger partial charge in [0.25, 0.3) is 0 Å². The number of hydrogen-bond acceptors (Lipinski definition) is 7. The normalized spacial score (nSPS) is 10.4. The fraction of sp³-hybridized carbons (Fsp3) is 0.125. The Morgan fingerprint density at radius 2 is 2.35 bits per heavy atom. The van der Waals surface area contributed by atoms with E-state index >= 15 is 0 Å². The van der Waals surface area contributed by atoms with Crippen LogP contribution >= 0.6 is 11.8 Å². The van der Waals surface area contributed by atoms with E-state index in [1.54, 1.807) is 7.05 Å². The van der Waals surface area contributed by atoms with Crippen LogP contribution in [0.15, 0.2) is 22.4 Å². The second-order valence-corrected chi connectivity index (χ2v) is 4.07. The number of tetrazole rings is 1. The topological polar surface area (TPSA) is 120 Å². The van der Waals surface area contributed by atoms with Crippen LogP contribution in [0.3, 0.4) is 0 Å². The highest BCUT2D eigenvalue weighted by Crippen LogP contribution is 2.28. The number of pyridine rings is 1. The van der Waals surface area contributed by atoms with Gasteiger partial charge < -0.3 is 10.8 Å². The first-order valence-electron chi connectivity index (χ1n) is 4.47. The molecule has 0 atom stereocenters. The molecule has 2 heterocycles. The molecule has 0 aliphatic heterocycles. The van der Waals surface area contributed by atoms with E-state index in [1.807, 2.05) is 0 Å². The molecule has 9 heteroatoms. The van der Waals surface area contributed by atoms with Crippen LogP contribution in [0.25, 0.3) is 0 Å². The average molecular weight is 252 g/mol. The number of nitrogens with zero attached hydrogens (tertiary/aromatic N) is 5. The van der Waals surface area contributed by atoms with Crippen molar-refractivity contribution in [2.45, 2.75) is 10.2 Å². The standard InChI is InChI=1S/C8H8N6O2S/c1-14-8(11-12-13-14)17-6-5(9)2-4(3-10-6)7(15)16/h2-3H,9H2,1H3,(H,15,16). The van der Waals surface area contributed by atoms with Crippen LogP contribution in [-0.2, 0) is 7.05 Å². The van der Waals surface area contributed by atoms with E-state index in [1.165, 1.54) is 28.7 Å². The maximum Gasteiger partial charge on any atom is 0.337 e. The number of rotatable bonds is 3. The molecule has 2 rings (SSSR count). The molecule has 0 radical (unpaired) electrons. The molecule has 0 spiro atoms. The van der Waals surface area contributed by atoms with E-state index in [0.717, 1.165) is 0 Å². The van der Waals surface area contributed by atoms with Gasteiger partial charge in [-0.1, -0.05) is 0 Å². The largest absolute Gasteiger partial charge is 0.478 e. The molecule has 0 fully saturated rings. The van der Waals surface area contributed by atoms with Gasteiger partial charge in [0, 0.05) is 13.2 Å².